The molecule has 0 aliphatic carbocycles. The van der Waals surface area contributed by atoms with E-state index in [1.165, 1.54) is 14.2 Å². The van der Waals surface area contributed by atoms with E-state index in [4.69, 9.17) is 32.7 Å². The minimum Gasteiger partial charge on any atom is -0.495 e. The molecule has 2 N–H and O–H groups in total. The second-order valence-electron chi connectivity index (χ2n) is 7.02. The maximum Gasteiger partial charge on any atom is 0.142 e. The molecule has 5 nitrogen and oxygen atoms in total. The van der Waals surface area contributed by atoms with Crippen molar-refractivity contribution in [2.75, 3.05) is 14.2 Å². The average Bonchev–Trinajstić information content (AvgIpc) is 2.77. The van der Waals surface area contributed by atoms with Crippen LogP contribution in [-0.2, 0) is 18.0 Å². The van der Waals surface area contributed by atoms with Crippen molar-refractivity contribution in [1.29, 1.82) is 0 Å². The molecule has 0 fully saturated rings. The first-order chi connectivity index (χ1) is 14.9. The summed E-state index contributed by atoms with van der Waals surface area (Å²) >= 11 is 12.8. The van der Waals surface area contributed by atoms with Gasteiger partial charge in [-0.1, -0.05) is 36.2 Å². The normalized spacial score (nSPS) is 10.7. The highest BCUT2D eigenvalue weighted by Crippen LogP contribution is 2.38. The monoisotopic (exact) mass is 466 g/mol. The molecular formula is C24H28Cl2O5. The van der Waals surface area contributed by atoms with Gasteiger partial charge in [-0.15, -0.1) is 0 Å². The Hall–Kier alpha value is -2.05. The molecule has 0 spiro atoms. The van der Waals surface area contributed by atoms with Crippen LogP contribution in [0.4, 0.5) is 0 Å². The Bertz CT molecular complexity index is 890. The van der Waals surface area contributed by atoms with Crippen LogP contribution in [0, 0.1) is 0 Å². The van der Waals surface area contributed by atoms with Crippen LogP contribution in [0.2, 0.25) is 10.0 Å². The zero-order valence-corrected chi connectivity index (χ0v) is 19.5. The lowest BCUT2D eigenvalue weighted by molar-refractivity contribution is -0.118. The van der Waals surface area contributed by atoms with Crippen molar-refractivity contribution >= 4 is 34.6 Å². The molecule has 0 amide bonds. The van der Waals surface area contributed by atoms with Gasteiger partial charge < -0.3 is 19.7 Å². The van der Waals surface area contributed by atoms with E-state index in [1.54, 1.807) is 12.1 Å². The molecule has 2 aromatic rings. The number of aliphatic hydroxyl groups is 2. The third-order valence-corrected chi connectivity index (χ3v) is 5.58. The van der Waals surface area contributed by atoms with E-state index in [2.05, 4.69) is 0 Å². The Balaban J connectivity index is 2.59. The van der Waals surface area contributed by atoms with Gasteiger partial charge in [-0.2, -0.15) is 0 Å². The predicted molar refractivity (Wildman–Crippen MR) is 124 cm³/mol. The lowest BCUT2D eigenvalue weighted by Gasteiger charge is -2.17. The first kappa shape index (κ1) is 25.2. The molecule has 0 unspecified atom stereocenters. The van der Waals surface area contributed by atoms with Crippen LogP contribution >= 0.6 is 23.2 Å². The number of rotatable bonds is 11. The standard InChI is InChI=1S/C24H28Cl2O5/c1-4-19(29)7-5-6-8-20(15-9-17(13-27)23(30-2)21(25)11-15)16-10-18(14-28)24(31-3)22(26)12-16/h8-12,27-28H,4-7,13-14H2,1-3H3. The minimum absolute atomic E-state index is 0.222. The van der Waals surface area contributed by atoms with Crippen molar-refractivity contribution < 1.29 is 24.5 Å². The van der Waals surface area contributed by atoms with Gasteiger partial charge in [-0.05, 0) is 53.8 Å². The minimum atomic E-state index is -0.236. The van der Waals surface area contributed by atoms with Gasteiger partial charge in [0.1, 0.15) is 17.3 Å². The third kappa shape index (κ3) is 6.23. The van der Waals surface area contributed by atoms with Crippen LogP contribution in [0.15, 0.2) is 30.3 Å². The van der Waals surface area contributed by atoms with Gasteiger partial charge in [0.2, 0.25) is 0 Å². The van der Waals surface area contributed by atoms with Crippen LogP contribution in [-0.4, -0.2) is 30.2 Å². The number of hydrogen-bond acceptors (Lipinski definition) is 5. The van der Waals surface area contributed by atoms with Gasteiger partial charge in [-0.3, -0.25) is 4.79 Å². The Kier molecular flexibility index (Phi) is 9.85. The first-order valence-corrected chi connectivity index (χ1v) is 10.8. The lowest BCUT2D eigenvalue weighted by Crippen LogP contribution is -1.99. The Labute approximate surface area is 193 Å². The quantitative estimate of drug-likeness (QED) is 0.422. The molecule has 0 radical (unpaired) electrons. The number of Topliss-reactive ketones (excluding diaryl/α,β-unsaturated/α-hetero) is 1. The second kappa shape index (κ2) is 12.1. The van der Waals surface area contributed by atoms with E-state index in [0.717, 1.165) is 16.7 Å². The number of unbranched alkanes of at least 4 members (excludes halogenated alkanes) is 1. The molecule has 2 rings (SSSR count). The van der Waals surface area contributed by atoms with E-state index in [1.807, 2.05) is 25.1 Å². The van der Waals surface area contributed by atoms with Crippen LogP contribution in [0.3, 0.4) is 0 Å². The number of carbonyl (C=O) groups is 1. The summed E-state index contributed by atoms with van der Waals surface area (Å²) in [6.07, 6.45) is 4.43. The Morgan fingerprint density at radius 2 is 1.42 bits per heavy atom. The number of hydrogen-bond donors (Lipinski definition) is 2. The summed E-state index contributed by atoms with van der Waals surface area (Å²) in [6, 6.07) is 7.15. The van der Waals surface area contributed by atoms with E-state index in [0.29, 0.717) is 58.4 Å². The summed E-state index contributed by atoms with van der Waals surface area (Å²) in [5, 5.41) is 20.3. The van der Waals surface area contributed by atoms with Crippen LogP contribution in [0.25, 0.3) is 5.57 Å². The molecule has 31 heavy (non-hydrogen) atoms. The smallest absolute Gasteiger partial charge is 0.142 e. The van der Waals surface area contributed by atoms with E-state index >= 15 is 0 Å². The molecule has 168 valence electrons. The van der Waals surface area contributed by atoms with Gasteiger partial charge in [0, 0.05) is 24.0 Å². The fourth-order valence-electron chi connectivity index (χ4n) is 3.43. The number of aliphatic hydroxyl groups excluding tert-OH is 2. The predicted octanol–water partition coefficient (Wildman–Crippen LogP) is 5.58. The van der Waals surface area contributed by atoms with Crippen molar-refractivity contribution in [1.82, 2.24) is 0 Å². The SMILES string of the molecule is CCC(=O)CCCC=C(c1cc(Cl)c(OC)c(CO)c1)c1cc(Cl)c(OC)c(CO)c1. The number of carbonyl (C=O) groups excluding carboxylic acids is 1. The van der Waals surface area contributed by atoms with Crippen LogP contribution in [0.1, 0.15) is 54.9 Å². The first-order valence-electron chi connectivity index (χ1n) is 10.1. The van der Waals surface area contributed by atoms with Crippen molar-refractivity contribution in [2.24, 2.45) is 0 Å². The van der Waals surface area contributed by atoms with Crippen molar-refractivity contribution in [3.05, 3.63) is 62.6 Å². The maximum absolute atomic E-state index is 11.7. The number of ketones is 1. The molecule has 0 saturated carbocycles. The molecule has 0 bridgehead atoms. The molecule has 0 saturated heterocycles. The topological polar surface area (TPSA) is 76.0 Å². The molecule has 0 heterocycles. The molecule has 0 atom stereocenters. The molecule has 7 heteroatoms. The molecule has 0 aliphatic heterocycles. The van der Waals surface area contributed by atoms with Gasteiger partial charge in [0.25, 0.3) is 0 Å². The molecular weight excluding hydrogens is 439 g/mol. The van der Waals surface area contributed by atoms with Gasteiger partial charge in [0.15, 0.2) is 0 Å². The summed E-state index contributed by atoms with van der Waals surface area (Å²) < 4.78 is 10.6. The second-order valence-corrected chi connectivity index (χ2v) is 7.83. The zero-order valence-electron chi connectivity index (χ0n) is 18.0. The number of ether oxygens (including phenoxy) is 2. The molecule has 0 aliphatic rings. The van der Waals surface area contributed by atoms with E-state index < -0.39 is 0 Å². The van der Waals surface area contributed by atoms with E-state index in [-0.39, 0.29) is 19.0 Å². The van der Waals surface area contributed by atoms with Gasteiger partial charge in [-0.25, -0.2) is 0 Å². The number of benzene rings is 2. The summed E-state index contributed by atoms with van der Waals surface area (Å²) in [4.78, 5) is 11.7. The fourth-order valence-corrected chi connectivity index (χ4v) is 4.06. The fraction of sp³-hybridized carbons (Fsp3) is 0.375. The highest BCUT2D eigenvalue weighted by atomic mass is 35.5. The number of allylic oxidation sites excluding steroid dienone is 1. The van der Waals surface area contributed by atoms with Gasteiger partial charge in [0.05, 0.1) is 37.5 Å². The molecule has 2 aromatic carbocycles. The summed E-state index contributed by atoms with van der Waals surface area (Å²) in [5.74, 6) is 1.06. The Morgan fingerprint density at radius 3 is 1.81 bits per heavy atom. The van der Waals surface area contributed by atoms with Crippen molar-refractivity contribution in [3.63, 3.8) is 0 Å². The maximum atomic E-state index is 11.7. The largest absolute Gasteiger partial charge is 0.495 e. The Morgan fingerprint density at radius 1 is 0.935 bits per heavy atom. The number of methoxy groups -OCH3 is 2. The highest BCUT2D eigenvalue weighted by Gasteiger charge is 2.17. The van der Waals surface area contributed by atoms with E-state index in [9.17, 15) is 15.0 Å². The highest BCUT2D eigenvalue weighted by molar-refractivity contribution is 6.33. The summed E-state index contributed by atoms with van der Waals surface area (Å²) in [7, 11) is 3.00. The average molecular weight is 467 g/mol. The molecule has 0 aromatic heterocycles. The van der Waals surface area contributed by atoms with Gasteiger partial charge >= 0.3 is 0 Å². The summed E-state index contributed by atoms with van der Waals surface area (Å²) in [5.41, 5.74) is 3.46. The zero-order chi connectivity index (χ0) is 23.0. The van der Waals surface area contributed by atoms with Crippen molar-refractivity contribution in [3.8, 4) is 11.5 Å². The summed E-state index contributed by atoms with van der Waals surface area (Å²) in [6.45, 7) is 1.38. The number of halogens is 2. The van der Waals surface area contributed by atoms with Crippen LogP contribution < -0.4 is 9.47 Å². The van der Waals surface area contributed by atoms with Crippen molar-refractivity contribution in [2.45, 2.75) is 45.8 Å². The third-order valence-electron chi connectivity index (χ3n) is 5.01. The lowest BCUT2D eigenvalue weighted by atomic mass is 9.93. The van der Waals surface area contributed by atoms with Crippen LogP contribution in [0.5, 0.6) is 11.5 Å².